The average Bonchev–Trinajstić information content (AvgIpc) is 3.14. The molecule has 0 N–H and O–H groups in total. The van der Waals surface area contributed by atoms with Crippen molar-refractivity contribution in [3.05, 3.63) is 36.4 Å². The van der Waals surface area contributed by atoms with Crippen LogP contribution in [0.2, 0.25) is 0 Å². The van der Waals surface area contributed by atoms with Gasteiger partial charge >= 0.3 is 0 Å². The first-order valence-electron chi connectivity index (χ1n) is 10.8. The number of benzene rings is 2. The summed E-state index contributed by atoms with van der Waals surface area (Å²) in [6.45, 7) is 7.13. The Morgan fingerprint density at radius 1 is 0.897 bits per heavy atom. The molecule has 0 bridgehead atoms. The van der Waals surface area contributed by atoms with Crippen molar-refractivity contribution in [1.29, 1.82) is 0 Å². The van der Waals surface area contributed by atoms with Gasteiger partial charge < -0.3 is 14.2 Å². The van der Waals surface area contributed by atoms with Crippen molar-refractivity contribution in [2.45, 2.75) is 63.9 Å². The van der Waals surface area contributed by atoms with Gasteiger partial charge in [0.05, 0.1) is 19.8 Å². The fraction of sp³-hybridized carbons (Fsp3) is 0.520. The number of hydrogen-bond acceptors (Lipinski definition) is 3. The highest BCUT2D eigenvalue weighted by Crippen LogP contribution is 2.63. The topological polar surface area (TPSA) is 27.7 Å². The van der Waals surface area contributed by atoms with Gasteiger partial charge in [-0.25, -0.2) is 0 Å². The highest BCUT2D eigenvalue weighted by atomic mass is 31.1. The molecule has 0 saturated heterocycles. The van der Waals surface area contributed by atoms with E-state index in [0.717, 1.165) is 22.8 Å². The monoisotopic (exact) mass is 412 g/mol. The maximum Gasteiger partial charge on any atom is 0.130 e. The first kappa shape index (κ1) is 20.5. The molecule has 1 fully saturated rings. The van der Waals surface area contributed by atoms with E-state index in [1.54, 1.807) is 14.2 Å². The van der Waals surface area contributed by atoms with E-state index in [0.29, 0.717) is 11.8 Å². The lowest BCUT2D eigenvalue weighted by molar-refractivity contribution is 0.181. The normalized spacial score (nSPS) is 22.1. The summed E-state index contributed by atoms with van der Waals surface area (Å²) in [6, 6.07) is 12.5. The van der Waals surface area contributed by atoms with Crippen LogP contribution in [0.25, 0.3) is 11.1 Å². The summed E-state index contributed by atoms with van der Waals surface area (Å²) >= 11 is 0. The molecule has 2 atom stereocenters. The number of ether oxygens (including phenoxy) is 3. The van der Waals surface area contributed by atoms with E-state index in [1.165, 1.54) is 43.0 Å². The van der Waals surface area contributed by atoms with Gasteiger partial charge in [0.2, 0.25) is 0 Å². The minimum Gasteiger partial charge on any atom is -0.496 e. The molecule has 2 aliphatic rings. The van der Waals surface area contributed by atoms with Crippen molar-refractivity contribution in [3.63, 3.8) is 0 Å². The van der Waals surface area contributed by atoms with Crippen molar-refractivity contribution in [3.8, 4) is 28.4 Å². The lowest BCUT2D eigenvalue weighted by Crippen LogP contribution is -2.31. The molecule has 1 saturated carbocycles. The molecule has 4 heteroatoms. The Labute approximate surface area is 176 Å². The standard InChI is InChI=1S/C25H33O3P/c1-25(2,3)29-23-18(22-19(26-4)14-10-15-20(22)27-5)13-9-16-21(23)28-24(29)17-11-7-6-8-12-17/h9-10,13-17,24H,6-8,11-12H2,1-5H3/t24-,29+/m0/s1. The second-order valence-electron chi connectivity index (χ2n) is 9.14. The summed E-state index contributed by atoms with van der Waals surface area (Å²) < 4.78 is 18.2. The molecular formula is C25H33O3P. The smallest absolute Gasteiger partial charge is 0.130 e. The zero-order valence-electron chi connectivity index (χ0n) is 18.3. The summed E-state index contributed by atoms with van der Waals surface area (Å²) in [5, 5.41) is 1.54. The van der Waals surface area contributed by atoms with Crippen molar-refractivity contribution < 1.29 is 14.2 Å². The first-order valence-corrected chi connectivity index (χ1v) is 12.2. The van der Waals surface area contributed by atoms with Crippen LogP contribution < -0.4 is 19.5 Å². The SMILES string of the molecule is COc1cccc(OC)c1-c1cccc2c1[P@@](C(C)(C)C)[C@@H](C1CCCCC1)O2. The summed E-state index contributed by atoms with van der Waals surface area (Å²) in [7, 11) is 2.96. The number of methoxy groups -OCH3 is 2. The summed E-state index contributed by atoms with van der Waals surface area (Å²) in [4.78, 5) is 0. The van der Waals surface area contributed by atoms with Gasteiger partial charge in [-0.15, -0.1) is 0 Å². The predicted molar refractivity (Wildman–Crippen MR) is 122 cm³/mol. The van der Waals surface area contributed by atoms with Gasteiger partial charge in [0.1, 0.15) is 23.1 Å². The predicted octanol–water partition coefficient (Wildman–Crippen LogP) is 6.58. The quantitative estimate of drug-likeness (QED) is 0.531. The van der Waals surface area contributed by atoms with Crippen LogP contribution in [0.5, 0.6) is 17.2 Å². The Hall–Kier alpha value is -1.73. The van der Waals surface area contributed by atoms with E-state index in [2.05, 4.69) is 39.0 Å². The fourth-order valence-corrected chi connectivity index (χ4v) is 8.38. The van der Waals surface area contributed by atoms with E-state index in [4.69, 9.17) is 14.2 Å². The molecule has 1 aliphatic carbocycles. The minimum absolute atomic E-state index is 0.161. The highest BCUT2D eigenvalue weighted by molar-refractivity contribution is 7.68. The van der Waals surface area contributed by atoms with Crippen molar-refractivity contribution >= 4 is 13.2 Å². The van der Waals surface area contributed by atoms with Gasteiger partial charge in [0, 0.05) is 16.8 Å². The summed E-state index contributed by atoms with van der Waals surface area (Å²) in [5.74, 6) is 3.73. The van der Waals surface area contributed by atoms with Crippen LogP contribution in [0, 0.1) is 5.92 Å². The second kappa shape index (κ2) is 8.19. The van der Waals surface area contributed by atoms with Gasteiger partial charge in [-0.1, -0.05) is 58.2 Å². The highest BCUT2D eigenvalue weighted by Gasteiger charge is 2.46. The Morgan fingerprint density at radius 3 is 2.10 bits per heavy atom. The zero-order valence-corrected chi connectivity index (χ0v) is 19.2. The van der Waals surface area contributed by atoms with Gasteiger partial charge in [0.25, 0.3) is 0 Å². The lowest BCUT2D eigenvalue weighted by Gasteiger charge is -2.37. The number of fused-ring (bicyclic) bond motifs is 1. The van der Waals surface area contributed by atoms with E-state index in [1.807, 2.05) is 18.2 Å². The van der Waals surface area contributed by atoms with Crippen molar-refractivity contribution in [1.82, 2.24) is 0 Å². The number of hydrogen-bond donors (Lipinski definition) is 0. The van der Waals surface area contributed by atoms with E-state index in [-0.39, 0.29) is 5.16 Å². The molecule has 3 nitrogen and oxygen atoms in total. The Balaban J connectivity index is 1.88. The largest absolute Gasteiger partial charge is 0.496 e. The molecule has 2 aromatic rings. The molecule has 0 amide bonds. The molecule has 4 rings (SSSR count). The van der Waals surface area contributed by atoms with Gasteiger partial charge in [-0.2, -0.15) is 0 Å². The second-order valence-corrected chi connectivity index (χ2v) is 12.2. The molecule has 1 heterocycles. The maximum atomic E-state index is 6.74. The lowest BCUT2D eigenvalue weighted by atomic mass is 9.90. The molecule has 0 aromatic heterocycles. The Morgan fingerprint density at radius 2 is 1.52 bits per heavy atom. The molecule has 0 spiro atoms. The van der Waals surface area contributed by atoms with Crippen LogP contribution in [0.4, 0.5) is 0 Å². The molecule has 1 aliphatic heterocycles. The van der Waals surface area contributed by atoms with Crippen LogP contribution in [0.15, 0.2) is 36.4 Å². The van der Waals surface area contributed by atoms with Crippen LogP contribution in [0.3, 0.4) is 0 Å². The molecule has 156 valence electrons. The molecule has 29 heavy (non-hydrogen) atoms. The summed E-state index contributed by atoms with van der Waals surface area (Å²) in [5.41, 5.74) is 2.25. The van der Waals surface area contributed by atoms with Gasteiger partial charge in [0.15, 0.2) is 0 Å². The van der Waals surface area contributed by atoms with E-state index < -0.39 is 7.92 Å². The Kier molecular flexibility index (Phi) is 5.80. The van der Waals surface area contributed by atoms with E-state index >= 15 is 0 Å². The van der Waals surface area contributed by atoms with Crippen molar-refractivity contribution in [2.75, 3.05) is 14.2 Å². The van der Waals surface area contributed by atoms with Crippen molar-refractivity contribution in [2.24, 2.45) is 5.92 Å². The van der Waals surface area contributed by atoms with Crippen LogP contribution in [-0.2, 0) is 0 Å². The minimum atomic E-state index is -0.501. The molecular weight excluding hydrogens is 379 g/mol. The molecule has 0 radical (unpaired) electrons. The average molecular weight is 413 g/mol. The zero-order chi connectivity index (χ0) is 20.6. The van der Waals surface area contributed by atoms with Gasteiger partial charge in [-0.3, -0.25) is 0 Å². The van der Waals surface area contributed by atoms with Crippen LogP contribution in [0.1, 0.15) is 52.9 Å². The third kappa shape index (κ3) is 3.75. The maximum absolute atomic E-state index is 6.74. The van der Waals surface area contributed by atoms with E-state index in [9.17, 15) is 0 Å². The van der Waals surface area contributed by atoms with Crippen LogP contribution >= 0.6 is 7.92 Å². The summed E-state index contributed by atoms with van der Waals surface area (Å²) in [6.07, 6.45) is 6.62. The third-order valence-electron chi connectivity index (χ3n) is 6.22. The molecule has 0 unspecified atom stereocenters. The fourth-order valence-electron chi connectivity index (χ4n) is 4.94. The third-order valence-corrected chi connectivity index (χ3v) is 9.64. The number of rotatable bonds is 4. The van der Waals surface area contributed by atoms with Gasteiger partial charge in [-0.05, 0) is 44.1 Å². The Bertz CT molecular complexity index is 843. The van der Waals surface area contributed by atoms with Crippen LogP contribution in [-0.4, -0.2) is 25.2 Å². The first-order chi connectivity index (χ1) is 14.0. The molecule has 2 aromatic carbocycles.